The van der Waals surface area contributed by atoms with Crippen molar-refractivity contribution in [2.45, 2.75) is 30.1 Å². The molecule has 0 aliphatic carbocycles. The molecule has 0 aliphatic rings. The average molecular weight is 474 g/mol. The molecule has 5 aromatic rings. The van der Waals surface area contributed by atoms with Gasteiger partial charge in [-0.3, -0.25) is 9.20 Å². The number of rotatable bonds is 5. The van der Waals surface area contributed by atoms with Crippen LogP contribution in [0.1, 0.15) is 22.5 Å². The van der Waals surface area contributed by atoms with E-state index in [0.717, 1.165) is 31.5 Å². The first kappa shape index (κ1) is 21.2. The molecule has 10 heteroatoms. The Hall–Kier alpha value is -3.63. The van der Waals surface area contributed by atoms with E-state index in [9.17, 15) is 4.79 Å². The van der Waals surface area contributed by atoms with E-state index in [1.54, 1.807) is 17.5 Å². The molecule has 0 unspecified atom stereocenters. The summed E-state index contributed by atoms with van der Waals surface area (Å²) >= 11 is 2.92. The summed E-state index contributed by atoms with van der Waals surface area (Å²) in [6.07, 6.45) is 3.18. The molecule has 8 nitrogen and oxygen atoms in total. The largest absolute Gasteiger partial charge is 0.268 e. The van der Waals surface area contributed by atoms with Crippen molar-refractivity contribution in [3.8, 4) is 0 Å². The van der Waals surface area contributed by atoms with E-state index in [1.807, 2.05) is 63.2 Å². The Kier molecular flexibility index (Phi) is 5.61. The van der Waals surface area contributed by atoms with Crippen LogP contribution in [0, 0.1) is 20.8 Å². The third kappa shape index (κ3) is 4.35. The SMILES string of the molecule is Cc1cc(C)nc(N/N=C\c2c(Sc3nc4ccccc4s3)nc3c(C)cccn3c2=O)n1. The number of aromatic nitrogens is 5. The van der Waals surface area contributed by atoms with Crippen LogP contribution in [-0.4, -0.2) is 30.6 Å². The minimum absolute atomic E-state index is 0.209. The summed E-state index contributed by atoms with van der Waals surface area (Å²) in [6.45, 7) is 5.71. The molecule has 0 spiro atoms. The van der Waals surface area contributed by atoms with Crippen LogP contribution in [0.2, 0.25) is 0 Å². The van der Waals surface area contributed by atoms with E-state index in [4.69, 9.17) is 4.98 Å². The van der Waals surface area contributed by atoms with Gasteiger partial charge in [-0.25, -0.2) is 25.4 Å². The lowest BCUT2D eigenvalue weighted by Crippen LogP contribution is -2.21. The first-order valence-electron chi connectivity index (χ1n) is 10.1. The van der Waals surface area contributed by atoms with Crippen molar-refractivity contribution in [2.24, 2.45) is 5.10 Å². The van der Waals surface area contributed by atoms with Crippen molar-refractivity contribution < 1.29 is 0 Å². The molecular weight excluding hydrogens is 454 g/mol. The zero-order valence-corrected chi connectivity index (χ0v) is 19.7. The van der Waals surface area contributed by atoms with Gasteiger partial charge in [0.15, 0.2) is 4.34 Å². The molecule has 4 aromatic heterocycles. The lowest BCUT2D eigenvalue weighted by molar-refractivity contribution is 0.966. The highest BCUT2D eigenvalue weighted by molar-refractivity contribution is 8.01. The predicted octanol–water partition coefficient (Wildman–Crippen LogP) is 4.62. The number of para-hydroxylation sites is 1. The van der Waals surface area contributed by atoms with Crippen molar-refractivity contribution in [1.82, 2.24) is 24.3 Å². The number of hydrogen-bond donors (Lipinski definition) is 1. The maximum Gasteiger partial charge on any atom is 0.267 e. The van der Waals surface area contributed by atoms with Crippen LogP contribution >= 0.6 is 23.1 Å². The quantitative estimate of drug-likeness (QED) is 0.226. The maximum atomic E-state index is 13.4. The van der Waals surface area contributed by atoms with Crippen molar-refractivity contribution >= 4 is 51.1 Å². The van der Waals surface area contributed by atoms with Gasteiger partial charge in [-0.2, -0.15) is 5.10 Å². The molecule has 4 heterocycles. The number of nitrogens with one attached hydrogen (secondary N) is 1. The van der Waals surface area contributed by atoms with Gasteiger partial charge < -0.3 is 0 Å². The van der Waals surface area contributed by atoms with E-state index >= 15 is 0 Å². The molecule has 0 saturated heterocycles. The molecule has 33 heavy (non-hydrogen) atoms. The predicted molar refractivity (Wildman–Crippen MR) is 133 cm³/mol. The second-order valence-corrected chi connectivity index (χ2v) is 9.68. The van der Waals surface area contributed by atoms with Crippen molar-refractivity contribution in [2.75, 3.05) is 5.43 Å². The highest BCUT2D eigenvalue weighted by Crippen LogP contribution is 2.34. The van der Waals surface area contributed by atoms with Crippen LogP contribution in [0.5, 0.6) is 0 Å². The molecule has 5 rings (SSSR count). The van der Waals surface area contributed by atoms with Gasteiger partial charge in [0.1, 0.15) is 10.7 Å². The summed E-state index contributed by atoms with van der Waals surface area (Å²) in [5.41, 5.74) is 7.06. The normalized spacial score (nSPS) is 11.6. The lowest BCUT2D eigenvalue weighted by Gasteiger charge is -2.08. The highest BCUT2D eigenvalue weighted by atomic mass is 32.2. The van der Waals surface area contributed by atoms with Gasteiger partial charge in [0.05, 0.1) is 22.0 Å². The second-order valence-electron chi connectivity index (χ2n) is 7.41. The molecule has 0 atom stereocenters. The molecule has 1 N–H and O–H groups in total. The number of thiazole rings is 1. The van der Waals surface area contributed by atoms with E-state index < -0.39 is 0 Å². The summed E-state index contributed by atoms with van der Waals surface area (Å²) in [5.74, 6) is 0.369. The fraction of sp³-hybridized carbons (Fsp3) is 0.130. The van der Waals surface area contributed by atoms with Crippen LogP contribution in [-0.2, 0) is 0 Å². The van der Waals surface area contributed by atoms with Gasteiger partial charge in [0.2, 0.25) is 5.95 Å². The fourth-order valence-corrected chi connectivity index (χ4v) is 5.45. The summed E-state index contributed by atoms with van der Waals surface area (Å²) in [5, 5.41) is 4.79. The molecule has 0 bridgehead atoms. The van der Waals surface area contributed by atoms with Crippen molar-refractivity contribution in [3.63, 3.8) is 0 Å². The highest BCUT2D eigenvalue weighted by Gasteiger charge is 2.16. The van der Waals surface area contributed by atoms with Crippen LogP contribution in [0.15, 0.2) is 67.9 Å². The summed E-state index contributed by atoms with van der Waals surface area (Å²) in [7, 11) is 0. The summed E-state index contributed by atoms with van der Waals surface area (Å²) in [4.78, 5) is 31.5. The molecule has 0 fully saturated rings. The zero-order valence-electron chi connectivity index (χ0n) is 18.1. The van der Waals surface area contributed by atoms with Gasteiger partial charge in [-0.1, -0.05) is 18.2 Å². The molecule has 164 valence electrons. The average Bonchev–Trinajstić information content (AvgIpc) is 3.18. The number of anilines is 1. The Morgan fingerprint density at radius 3 is 2.61 bits per heavy atom. The van der Waals surface area contributed by atoms with E-state index in [-0.39, 0.29) is 5.56 Å². The fourth-order valence-electron chi connectivity index (χ4n) is 3.39. The molecule has 1 aromatic carbocycles. The van der Waals surface area contributed by atoms with Crippen molar-refractivity contribution in [1.29, 1.82) is 0 Å². The number of hydrogen-bond acceptors (Lipinski definition) is 9. The Bertz CT molecular complexity index is 1540. The Morgan fingerprint density at radius 2 is 1.82 bits per heavy atom. The molecule has 0 radical (unpaired) electrons. The van der Waals surface area contributed by atoms with E-state index in [1.165, 1.54) is 22.4 Å². The number of pyridine rings is 1. The number of aryl methyl sites for hydroxylation is 3. The third-order valence-electron chi connectivity index (χ3n) is 4.85. The van der Waals surface area contributed by atoms with E-state index in [0.29, 0.717) is 22.2 Å². The number of nitrogens with zero attached hydrogens (tertiary/aromatic N) is 6. The van der Waals surface area contributed by atoms with Crippen LogP contribution in [0.4, 0.5) is 5.95 Å². The minimum Gasteiger partial charge on any atom is -0.268 e. The summed E-state index contributed by atoms with van der Waals surface area (Å²) < 4.78 is 3.42. The topological polar surface area (TPSA) is 97.4 Å². The maximum absolute atomic E-state index is 13.4. The van der Waals surface area contributed by atoms with Gasteiger partial charge in [-0.05, 0) is 62.4 Å². The molecule has 0 amide bonds. The molecule has 0 aliphatic heterocycles. The first-order chi connectivity index (χ1) is 16.0. The Labute approximate surface area is 197 Å². The second kappa shape index (κ2) is 8.72. The first-order valence-corrected chi connectivity index (χ1v) is 11.8. The third-order valence-corrected chi connectivity index (χ3v) is 6.95. The van der Waals surface area contributed by atoms with Gasteiger partial charge in [0.25, 0.3) is 5.56 Å². The van der Waals surface area contributed by atoms with Crippen LogP contribution in [0.25, 0.3) is 15.9 Å². The van der Waals surface area contributed by atoms with Crippen molar-refractivity contribution in [3.05, 3.63) is 81.5 Å². The summed E-state index contributed by atoms with van der Waals surface area (Å²) in [6, 6.07) is 13.6. The van der Waals surface area contributed by atoms with Crippen LogP contribution in [0.3, 0.4) is 0 Å². The minimum atomic E-state index is -0.209. The monoisotopic (exact) mass is 473 g/mol. The van der Waals surface area contributed by atoms with E-state index in [2.05, 4.69) is 25.5 Å². The molecule has 0 saturated carbocycles. The lowest BCUT2D eigenvalue weighted by atomic mass is 10.3. The number of hydrazone groups is 1. The van der Waals surface area contributed by atoms with Crippen LogP contribution < -0.4 is 11.0 Å². The Morgan fingerprint density at radius 1 is 1.03 bits per heavy atom. The number of fused-ring (bicyclic) bond motifs is 2. The molecular formula is C23H19N7OS2. The van der Waals surface area contributed by atoms with Gasteiger partial charge >= 0.3 is 0 Å². The van der Waals surface area contributed by atoms with Gasteiger partial charge in [0, 0.05) is 17.6 Å². The van der Waals surface area contributed by atoms with Gasteiger partial charge in [-0.15, -0.1) is 11.3 Å². The smallest absolute Gasteiger partial charge is 0.267 e. The number of benzene rings is 1. The zero-order chi connectivity index (χ0) is 22.9. The Balaban J connectivity index is 1.57. The standard InChI is InChI=1S/C23H19N7OS2/c1-13-7-6-10-30-19(13)28-20(33-23-27-17-8-4-5-9-18(17)32-23)16(21(30)31)12-24-29-22-25-14(2)11-15(3)26-22/h4-12H,1-3H3,(H,25,26,29)/b24-12-.